The van der Waals surface area contributed by atoms with Crippen molar-refractivity contribution in [3.63, 3.8) is 0 Å². The number of carbonyl (C=O) groups excluding carboxylic acids is 8. The van der Waals surface area contributed by atoms with Crippen LogP contribution in [0.3, 0.4) is 0 Å². The van der Waals surface area contributed by atoms with Gasteiger partial charge in [0, 0.05) is 68.5 Å². The molecule has 4 atom stereocenters. The van der Waals surface area contributed by atoms with E-state index in [4.69, 9.17) is 27.7 Å². The summed E-state index contributed by atoms with van der Waals surface area (Å²) in [7, 11) is -2.53. The zero-order valence-corrected chi connectivity index (χ0v) is 46.9. The predicted molar refractivity (Wildman–Crippen MR) is 305 cm³/mol. The number of halogens is 2. The molecule has 16 heteroatoms. The number of Topliss-reactive ketones (excluding diaryl/α,β-unsaturated/α-hetero) is 4. The maximum Gasteiger partial charge on any atom is 0.252 e. The first-order chi connectivity index (χ1) is 36.7. The molecule has 77 heavy (non-hydrogen) atoms. The molecular formula is C61H60Cl2N2O10P2. The number of carbonyl (C=O) groups is 8. The van der Waals surface area contributed by atoms with E-state index in [1.54, 1.807) is 106 Å². The molecule has 10 rings (SSSR count). The van der Waals surface area contributed by atoms with Crippen LogP contribution in [0.4, 0.5) is 11.4 Å². The molecule has 0 saturated heterocycles. The number of ketones is 4. The molecule has 4 bridgehead atoms. The maximum absolute atomic E-state index is 14.3. The van der Waals surface area contributed by atoms with Gasteiger partial charge in [-0.15, -0.1) is 11.6 Å². The van der Waals surface area contributed by atoms with Crippen molar-refractivity contribution in [2.24, 2.45) is 33.5 Å². The first-order valence-electron chi connectivity index (χ1n) is 25.2. The summed E-state index contributed by atoms with van der Waals surface area (Å²) in [5.74, 6) is -3.12. The lowest BCUT2D eigenvalue weighted by Crippen LogP contribution is -2.47. The molecule has 6 aromatic carbocycles. The Hall–Kier alpha value is -6.52. The zero-order valence-electron chi connectivity index (χ0n) is 43.6. The van der Waals surface area contributed by atoms with Gasteiger partial charge in [0.05, 0.1) is 8.15 Å². The van der Waals surface area contributed by atoms with Crippen molar-refractivity contribution in [1.82, 2.24) is 0 Å². The Morgan fingerprint density at radius 2 is 0.883 bits per heavy atom. The van der Waals surface area contributed by atoms with Gasteiger partial charge in [-0.3, -0.25) is 38.4 Å². The van der Waals surface area contributed by atoms with Crippen molar-refractivity contribution in [3.8, 4) is 0 Å². The average molecular weight is 1110 g/mol. The molecule has 398 valence electrons. The van der Waals surface area contributed by atoms with Crippen molar-refractivity contribution in [3.05, 3.63) is 181 Å². The first-order valence-corrected chi connectivity index (χ1v) is 29.0. The highest BCUT2D eigenvalue weighted by Crippen LogP contribution is 2.64. The Morgan fingerprint density at radius 1 is 0.558 bits per heavy atom. The summed E-state index contributed by atoms with van der Waals surface area (Å²) in [6.07, 6.45) is 1.81. The second kappa shape index (κ2) is 24.0. The van der Waals surface area contributed by atoms with Crippen LogP contribution in [-0.4, -0.2) is 58.7 Å². The molecule has 0 aromatic heterocycles. The molecule has 0 heterocycles. The van der Waals surface area contributed by atoms with Gasteiger partial charge in [0.15, 0.2) is 0 Å². The molecule has 0 spiro atoms. The Bertz CT molecular complexity index is 3150. The van der Waals surface area contributed by atoms with Crippen LogP contribution in [0.1, 0.15) is 81.0 Å². The molecule has 0 radical (unpaired) electrons. The Kier molecular flexibility index (Phi) is 18.1. The number of fused-ring (bicyclic) bond motifs is 4. The van der Waals surface area contributed by atoms with Crippen LogP contribution >= 0.6 is 38.5 Å². The predicted octanol–water partition coefficient (Wildman–Crippen LogP) is 10.9. The summed E-state index contributed by atoms with van der Waals surface area (Å²) < 4.78 is 19.9. The van der Waals surface area contributed by atoms with E-state index >= 15 is 0 Å². The van der Waals surface area contributed by atoms with E-state index in [9.17, 15) is 42.9 Å². The quantitative estimate of drug-likeness (QED) is 0.0393. The number of hydrogen-bond donors (Lipinski definition) is 2. The second-order valence-electron chi connectivity index (χ2n) is 20.2. The number of nitrogens with one attached hydrogen (secondary N) is 2. The van der Waals surface area contributed by atoms with E-state index in [-0.39, 0.29) is 11.5 Å². The first kappa shape index (κ1) is 58.2. The fraction of sp³-hybridized carbons (Fsp3) is 0.279. The molecule has 4 saturated carbocycles. The summed E-state index contributed by atoms with van der Waals surface area (Å²) in [4.78, 5) is 100. The van der Waals surface area contributed by atoms with Crippen LogP contribution in [0.2, 0.25) is 0 Å². The topological polar surface area (TPSA) is 187 Å². The van der Waals surface area contributed by atoms with E-state index in [0.29, 0.717) is 53.2 Å². The lowest BCUT2D eigenvalue weighted by atomic mass is 9.68. The van der Waals surface area contributed by atoms with E-state index in [0.717, 1.165) is 5.88 Å². The Labute approximate surface area is 460 Å². The van der Waals surface area contributed by atoms with Crippen LogP contribution in [0.15, 0.2) is 170 Å². The van der Waals surface area contributed by atoms with Crippen molar-refractivity contribution in [1.29, 1.82) is 0 Å². The monoisotopic (exact) mass is 1110 g/mol. The highest BCUT2D eigenvalue weighted by atomic mass is 35.5. The zero-order chi connectivity index (χ0) is 55.9. The van der Waals surface area contributed by atoms with Gasteiger partial charge < -0.3 is 19.7 Å². The molecule has 2 N–H and O–H groups in total. The second-order valence-corrected chi connectivity index (χ2v) is 25.7. The highest BCUT2D eigenvalue weighted by Gasteiger charge is 2.73. The fourth-order valence-electron chi connectivity index (χ4n) is 11.4. The summed E-state index contributed by atoms with van der Waals surface area (Å²) >= 11 is 10.4. The van der Waals surface area contributed by atoms with E-state index < -0.39 is 88.6 Å². The Balaban J connectivity index is 0.000000179. The lowest BCUT2D eigenvalue weighted by molar-refractivity contribution is -0.147. The third-order valence-corrected chi connectivity index (χ3v) is 20.6. The molecule has 4 aliphatic carbocycles. The number of amides is 2. The van der Waals surface area contributed by atoms with Gasteiger partial charge in [0.25, 0.3) is 5.24 Å². The molecule has 4 fully saturated rings. The third-order valence-electron chi connectivity index (χ3n) is 15.6. The largest absolute Gasteiger partial charge is 0.353 e. The number of hydrogen-bond acceptors (Lipinski definition) is 10. The molecule has 4 aliphatic rings. The van der Waals surface area contributed by atoms with E-state index in [1.165, 1.54) is 34.9 Å². The van der Waals surface area contributed by atoms with E-state index in [1.807, 2.05) is 57.2 Å². The molecule has 0 aliphatic heterocycles. The highest BCUT2D eigenvalue weighted by molar-refractivity contribution is 7.93. The smallest absolute Gasteiger partial charge is 0.252 e. The van der Waals surface area contributed by atoms with Crippen molar-refractivity contribution in [2.45, 2.75) is 60.3 Å². The van der Waals surface area contributed by atoms with Gasteiger partial charge >= 0.3 is 0 Å². The van der Waals surface area contributed by atoms with Gasteiger partial charge in [0.2, 0.25) is 47.6 Å². The SMILES string of the molecule is CC1(C)C2CCC1(C(=O)Nc1ccc(C(=O)Cl)cc1)C(=O)C2=O.CC1(C)C2CCC1(C(=O)Nc1ccc(C(=O)P(=O)(c3ccccc3)c3ccccc3)cc1)C(=O)C2=O.CCCl.COP(c1ccccc1)c1ccccc1. The van der Waals surface area contributed by atoms with Gasteiger partial charge in [0.1, 0.15) is 10.8 Å². The number of alkyl halides is 1. The van der Waals surface area contributed by atoms with Crippen molar-refractivity contribution < 1.29 is 47.4 Å². The van der Waals surface area contributed by atoms with Gasteiger partial charge in [-0.2, -0.15) is 0 Å². The minimum Gasteiger partial charge on any atom is -0.353 e. The number of rotatable bonds is 12. The molecule has 4 unspecified atom stereocenters. The minimum absolute atomic E-state index is 0.246. The van der Waals surface area contributed by atoms with Crippen LogP contribution in [0.5, 0.6) is 0 Å². The lowest BCUT2D eigenvalue weighted by Gasteiger charge is -2.33. The van der Waals surface area contributed by atoms with Crippen LogP contribution in [0.25, 0.3) is 0 Å². The van der Waals surface area contributed by atoms with Crippen LogP contribution < -0.4 is 31.9 Å². The fourth-order valence-corrected chi connectivity index (χ4v) is 15.5. The molecule has 6 aromatic rings. The van der Waals surface area contributed by atoms with Crippen LogP contribution in [-0.2, 0) is 37.9 Å². The molecule has 2 amide bonds. The number of benzene rings is 6. The Morgan fingerprint density at radius 3 is 1.18 bits per heavy atom. The molecular weight excluding hydrogens is 1050 g/mol. The molecule has 12 nitrogen and oxygen atoms in total. The third kappa shape index (κ3) is 10.8. The van der Waals surface area contributed by atoms with Gasteiger partial charge in [-0.05, 0) is 96.6 Å². The summed E-state index contributed by atoms with van der Waals surface area (Å²) in [6, 6.07) is 50.3. The standard InChI is InChI=1S/C29H26NO5P.C17H16ClNO4.C13H13OP.C2H5Cl/c1-28(2)23-17-18-29(28,25(32)24(23)31)27(34)30-20-15-13-19(14-16-20)26(33)36(35,21-9-5-3-6-10-21)22-11-7-4-8-12-22;1-16(2)11-7-8-17(16,13(21)12(11)20)15(23)19-10-5-3-9(4-6-10)14(18)22;1-14-15(12-8-4-2-5-9-12)13-10-6-3-7-11-13;1-2-3/h3-16,23H,17-18H2,1-2H3,(H,30,34);3-6,11H,7-8H2,1-2H3,(H,19,23);2-11H,1H3;2H2,1H3. The average Bonchev–Trinajstić information content (AvgIpc) is 3.99. The summed E-state index contributed by atoms with van der Waals surface area (Å²) in [6.45, 7) is 9.12. The van der Waals surface area contributed by atoms with Gasteiger partial charge in [-0.1, -0.05) is 156 Å². The van der Waals surface area contributed by atoms with E-state index in [2.05, 4.69) is 34.9 Å². The number of anilines is 2. The van der Waals surface area contributed by atoms with Crippen LogP contribution in [0, 0.1) is 33.5 Å². The maximum atomic E-state index is 14.3. The van der Waals surface area contributed by atoms with Crippen molar-refractivity contribution in [2.75, 3.05) is 23.6 Å². The minimum atomic E-state index is -3.65. The van der Waals surface area contributed by atoms with Crippen molar-refractivity contribution >= 4 is 117 Å². The summed E-state index contributed by atoms with van der Waals surface area (Å²) in [5.41, 5.74) is -3.20. The summed E-state index contributed by atoms with van der Waals surface area (Å²) in [5, 5.41) is 8.30. The normalized spacial score (nSPS) is 21.2. The van der Waals surface area contributed by atoms with Gasteiger partial charge in [-0.25, -0.2) is 0 Å².